The molecule has 0 saturated heterocycles. The van der Waals surface area contributed by atoms with Crippen LogP contribution in [0.1, 0.15) is 13.8 Å². The third-order valence-corrected chi connectivity index (χ3v) is 6.89. The summed E-state index contributed by atoms with van der Waals surface area (Å²) in [6.45, 7) is 4.07. The second-order valence-electron chi connectivity index (χ2n) is 4.55. The topological polar surface area (TPSA) is 36.2 Å². The first kappa shape index (κ1) is 14.5. The van der Waals surface area contributed by atoms with Gasteiger partial charge in [0.25, 0.3) is 0 Å². The summed E-state index contributed by atoms with van der Waals surface area (Å²) < 4.78 is 0. The van der Waals surface area contributed by atoms with Crippen molar-refractivity contribution >= 4 is 22.9 Å². The Bertz CT molecular complexity index is 614. The van der Waals surface area contributed by atoms with Gasteiger partial charge < -0.3 is 0 Å². The van der Waals surface area contributed by atoms with Crippen LogP contribution in [-0.4, -0.2) is 5.29 Å². The van der Waals surface area contributed by atoms with Crippen LogP contribution in [0.2, 0.25) is 0 Å². The summed E-state index contributed by atoms with van der Waals surface area (Å²) in [6, 6.07) is 20.4. The highest BCUT2D eigenvalue weighted by Gasteiger charge is 2.24. The monoisotopic (exact) mass is 282 g/mol. The summed E-state index contributed by atoms with van der Waals surface area (Å²) in [4.78, 5) is 4.15. The molecule has 3 heteroatoms. The number of benzene rings is 2. The Morgan fingerprint density at radius 1 is 0.950 bits per heavy atom. The molecular formula is C17H19N2P. The predicted molar refractivity (Wildman–Crippen MR) is 89.7 cm³/mol. The number of nitrogens with one attached hydrogen (secondary N) is 1. The highest BCUT2D eigenvalue weighted by molar-refractivity contribution is 7.88. The SMILES string of the molecule is C/C=C\C(C)=P(N=N)(c1ccccc1)c1ccccc1. The van der Waals surface area contributed by atoms with Gasteiger partial charge in [-0.15, -0.1) is 0 Å². The van der Waals surface area contributed by atoms with Crippen LogP contribution in [0.4, 0.5) is 0 Å². The molecule has 0 aliphatic heterocycles. The quantitative estimate of drug-likeness (QED) is 0.638. The van der Waals surface area contributed by atoms with E-state index in [4.69, 9.17) is 5.53 Å². The van der Waals surface area contributed by atoms with Crippen molar-refractivity contribution in [1.82, 2.24) is 0 Å². The fourth-order valence-electron chi connectivity index (χ4n) is 2.39. The van der Waals surface area contributed by atoms with Crippen molar-refractivity contribution in [3.8, 4) is 0 Å². The lowest BCUT2D eigenvalue weighted by molar-refractivity contribution is 1.24. The predicted octanol–water partition coefficient (Wildman–Crippen LogP) is 4.37. The normalized spacial score (nSPS) is 11.5. The van der Waals surface area contributed by atoms with E-state index in [0.29, 0.717) is 0 Å². The molecule has 0 aromatic heterocycles. The first-order chi connectivity index (χ1) is 9.75. The molecule has 0 aliphatic rings. The van der Waals surface area contributed by atoms with Gasteiger partial charge in [0, 0.05) is 10.6 Å². The maximum Gasteiger partial charge on any atom is 0.0788 e. The van der Waals surface area contributed by atoms with E-state index in [9.17, 15) is 0 Å². The second-order valence-corrected chi connectivity index (χ2v) is 7.76. The van der Waals surface area contributed by atoms with Crippen LogP contribution < -0.4 is 10.6 Å². The zero-order valence-electron chi connectivity index (χ0n) is 11.8. The van der Waals surface area contributed by atoms with Crippen LogP contribution in [0.5, 0.6) is 0 Å². The minimum absolute atomic E-state index is 1.12. The molecule has 2 rings (SSSR count). The zero-order chi connectivity index (χ0) is 14.4. The van der Waals surface area contributed by atoms with Crippen LogP contribution in [0.3, 0.4) is 0 Å². The Labute approximate surface area is 120 Å². The third-order valence-electron chi connectivity index (χ3n) is 3.33. The lowest BCUT2D eigenvalue weighted by Gasteiger charge is -2.23. The van der Waals surface area contributed by atoms with E-state index in [-0.39, 0.29) is 0 Å². The van der Waals surface area contributed by atoms with Crippen molar-refractivity contribution in [2.45, 2.75) is 13.8 Å². The Kier molecular flexibility index (Phi) is 4.70. The van der Waals surface area contributed by atoms with Gasteiger partial charge in [-0.05, 0) is 19.1 Å². The number of hydrogen-bond donors (Lipinski definition) is 1. The average Bonchev–Trinajstić information content (AvgIpc) is 2.51. The molecule has 0 fully saturated rings. The van der Waals surface area contributed by atoms with Gasteiger partial charge in [0.05, 0.1) is 7.04 Å². The molecule has 20 heavy (non-hydrogen) atoms. The highest BCUT2D eigenvalue weighted by Crippen LogP contribution is 2.48. The zero-order valence-corrected chi connectivity index (χ0v) is 12.7. The number of rotatable bonds is 4. The van der Waals surface area contributed by atoms with Crippen molar-refractivity contribution in [1.29, 1.82) is 5.53 Å². The van der Waals surface area contributed by atoms with E-state index >= 15 is 0 Å². The lowest BCUT2D eigenvalue weighted by Crippen LogP contribution is -2.18. The molecule has 0 atom stereocenters. The molecule has 0 unspecified atom stereocenters. The van der Waals surface area contributed by atoms with Gasteiger partial charge in [-0.1, -0.05) is 72.8 Å². The molecule has 2 aromatic carbocycles. The van der Waals surface area contributed by atoms with E-state index in [2.05, 4.69) is 42.1 Å². The van der Waals surface area contributed by atoms with Gasteiger partial charge in [0.1, 0.15) is 0 Å². The molecule has 0 heterocycles. The van der Waals surface area contributed by atoms with E-state index in [1.165, 1.54) is 0 Å². The van der Waals surface area contributed by atoms with Crippen molar-refractivity contribution in [3.63, 3.8) is 0 Å². The Morgan fingerprint density at radius 3 is 1.75 bits per heavy atom. The number of allylic oxidation sites excluding steroid dienone is 2. The summed E-state index contributed by atoms with van der Waals surface area (Å²) in [5, 5.41) is 3.39. The van der Waals surface area contributed by atoms with Gasteiger partial charge in [0.15, 0.2) is 0 Å². The summed E-state index contributed by atoms with van der Waals surface area (Å²) in [6.07, 6.45) is 4.09. The fraction of sp³-hybridized carbons (Fsp3) is 0.118. The van der Waals surface area contributed by atoms with E-state index in [1.54, 1.807) is 0 Å². The van der Waals surface area contributed by atoms with Crippen LogP contribution in [0, 0.1) is 5.53 Å². The van der Waals surface area contributed by atoms with Crippen molar-refractivity contribution in [2.75, 3.05) is 0 Å². The van der Waals surface area contributed by atoms with Gasteiger partial charge in [-0.2, -0.15) is 4.88 Å². The summed E-state index contributed by atoms with van der Waals surface area (Å²) in [5.74, 6) is 0. The first-order valence-corrected chi connectivity index (χ1v) is 8.36. The minimum atomic E-state index is -2.17. The molecule has 0 bridgehead atoms. The largest absolute Gasteiger partial charge is 0.206 e. The smallest absolute Gasteiger partial charge is 0.0788 e. The van der Waals surface area contributed by atoms with Gasteiger partial charge in [0.2, 0.25) is 0 Å². The van der Waals surface area contributed by atoms with Crippen LogP contribution in [-0.2, 0) is 0 Å². The van der Waals surface area contributed by atoms with Crippen molar-refractivity contribution < 1.29 is 0 Å². The number of nitrogens with zero attached hydrogens (tertiary/aromatic N) is 1. The van der Waals surface area contributed by atoms with Gasteiger partial charge in [-0.3, -0.25) is 0 Å². The molecular weight excluding hydrogens is 263 g/mol. The molecule has 0 amide bonds. The fourth-order valence-corrected chi connectivity index (χ4v) is 5.46. The molecule has 0 spiro atoms. The van der Waals surface area contributed by atoms with E-state index in [1.807, 2.05) is 49.4 Å². The molecule has 0 radical (unpaired) electrons. The third kappa shape index (κ3) is 2.52. The maximum absolute atomic E-state index is 7.91. The molecule has 2 aromatic rings. The van der Waals surface area contributed by atoms with Gasteiger partial charge >= 0.3 is 0 Å². The Hall–Kier alpha value is -1.92. The molecule has 102 valence electrons. The molecule has 0 aliphatic carbocycles. The van der Waals surface area contributed by atoms with Crippen molar-refractivity contribution in [3.05, 3.63) is 72.8 Å². The highest BCUT2D eigenvalue weighted by atomic mass is 31.2. The molecule has 1 N–H and O–H groups in total. The van der Waals surface area contributed by atoms with Crippen LogP contribution >= 0.6 is 7.04 Å². The lowest BCUT2D eigenvalue weighted by atomic mass is 10.4. The van der Waals surface area contributed by atoms with E-state index < -0.39 is 7.04 Å². The van der Waals surface area contributed by atoms with E-state index in [0.717, 1.165) is 15.9 Å². The minimum Gasteiger partial charge on any atom is -0.206 e. The molecule has 0 saturated carbocycles. The average molecular weight is 282 g/mol. The summed E-state index contributed by atoms with van der Waals surface area (Å²) in [5.41, 5.74) is 7.91. The van der Waals surface area contributed by atoms with Crippen molar-refractivity contribution in [2.24, 2.45) is 4.88 Å². The second kappa shape index (κ2) is 6.49. The summed E-state index contributed by atoms with van der Waals surface area (Å²) >= 11 is 0. The maximum atomic E-state index is 7.91. The standard InChI is InChI=1S/C17H19N2P/c1-3-10-15(2)20(19-18,16-11-6-4-7-12-16)17-13-8-5-9-14-17/h3-14,18H,1-2H3/b10-3-,19-18?. The molecule has 2 nitrogen and oxygen atoms in total. The van der Waals surface area contributed by atoms with Gasteiger partial charge in [-0.25, -0.2) is 5.53 Å². The van der Waals surface area contributed by atoms with Crippen LogP contribution in [0.25, 0.3) is 0 Å². The number of hydrogen-bond acceptors (Lipinski definition) is 2. The summed E-state index contributed by atoms with van der Waals surface area (Å²) in [7, 11) is -2.17. The Morgan fingerprint density at radius 2 is 1.40 bits per heavy atom. The Balaban J connectivity index is 2.86. The van der Waals surface area contributed by atoms with Crippen LogP contribution in [0.15, 0.2) is 77.7 Å². The first-order valence-electron chi connectivity index (χ1n) is 6.62.